The van der Waals surface area contributed by atoms with Crippen LogP contribution in [0.3, 0.4) is 0 Å². The van der Waals surface area contributed by atoms with Crippen molar-refractivity contribution < 1.29 is 36.7 Å². The maximum Gasteiger partial charge on any atom is 0.433 e. The number of ether oxygens (including phenoxy) is 1. The smallest absolute Gasteiger partial charge is 0.433 e. The third kappa shape index (κ3) is 9.99. The molecule has 3 aromatic heterocycles. The third-order valence-electron chi connectivity index (χ3n) is 10.2. The molecule has 5 heterocycles. The Kier molecular flexibility index (Phi) is 12.4. The van der Waals surface area contributed by atoms with Gasteiger partial charge in [-0.2, -0.15) is 13.2 Å². The lowest BCUT2D eigenvalue weighted by Crippen LogP contribution is -2.47. The number of likely N-dealkylation sites (tertiary alicyclic amines) is 1. The van der Waals surface area contributed by atoms with Gasteiger partial charge in [0.25, 0.3) is 5.91 Å². The Morgan fingerprint density at radius 3 is 2.35 bits per heavy atom. The molecular formula is C40H47F4N7O4. The fourth-order valence-corrected chi connectivity index (χ4v) is 7.30. The normalized spacial score (nSPS) is 18.8. The van der Waals surface area contributed by atoms with Gasteiger partial charge < -0.3 is 24.7 Å². The Labute approximate surface area is 317 Å². The highest BCUT2D eigenvalue weighted by Gasteiger charge is 2.33. The van der Waals surface area contributed by atoms with E-state index in [4.69, 9.17) is 9.72 Å². The Morgan fingerprint density at radius 2 is 1.65 bits per heavy atom. The van der Waals surface area contributed by atoms with E-state index in [0.29, 0.717) is 35.1 Å². The zero-order valence-electron chi connectivity index (χ0n) is 31.2. The molecule has 1 saturated carbocycles. The molecule has 2 aliphatic heterocycles. The van der Waals surface area contributed by atoms with E-state index < -0.39 is 23.8 Å². The van der Waals surface area contributed by atoms with Gasteiger partial charge >= 0.3 is 6.18 Å². The average Bonchev–Trinajstić information content (AvgIpc) is 3.57. The molecule has 2 saturated heterocycles. The van der Waals surface area contributed by atoms with Gasteiger partial charge in [-0.1, -0.05) is 37.5 Å². The monoisotopic (exact) mass is 765 g/mol. The van der Waals surface area contributed by atoms with Crippen LogP contribution in [0.4, 0.5) is 28.9 Å². The van der Waals surface area contributed by atoms with E-state index in [-0.39, 0.29) is 41.8 Å². The summed E-state index contributed by atoms with van der Waals surface area (Å²) in [5.74, 6) is -0.656. The first-order chi connectivity index (χ1) is 26.2. The van der Waals surface area contributed by atoms with Gasteiger partial charge in [0.05, 0.1) is 17.5 Å². The number of amides is 3. The fourth-order valence-electron chi connectivity index (χ4n) is 7.30. The highest BCUT2D eigenvalue weighted by molar-refractivity contribution is 6.04. The summed E-state index contributed by atoms with van der Waals surface area (Å²) >= 11 is 0. The maximum absolute atomic E-state index is 14.8. The van der Waals surface area contributed by atoms with E-state index in [1.807, 2.05) is 36.6 Å². The number of rotatable bonds is 8. The number of hydrogen-bond donors (Lipinski definition) is 3. The Balaban J connectivity index is 0.000000197. The van der Waals surface area contributed by atoms with Crippen LogP contribution in [0, 0.1) is 5.82 Å². The zero-order valence-corrected chi connectivity index (χ0v) is 31.2. The van der Waals surface area contributed by atoms with Crippen LogP contribution in [0.1, 0.15) is 111 Å². The second-order valence-electron chi connectivity index (χ2n) is 14.8. The summed E-state index contributed by atoms with van der Waals surface area (Å²) in [6.45, 7) is 5.64. The summed E-state index contributed by atoms with van der Waals surface area (Å²) < 4.78 is 61.4. The topological polar surface area (TPSA) is 130 Å². The second kappa shape index (κ2) is 17.2. The van der Waals surface area contributed by atoms with Crippen LogP contribution in [-0.2, 0) is 15.8 Å². The van der Waals surface area contributed by atoms with E-state index in [2.05, 4.69) is 32.9 Å². The lowest BCUT2D eigenvalue weighted by Gasteiger charge is -2.30. The summed E-state index contributed by atoms with van der Waals surface area (Å²) in [5, 5.41) is 7.89. The number of imidazole rings is 1. The summed E-state index contributed by atoms with van der Waals surface area (Å²) in [6.07, 6.45) is 7.19. The zero-order chi connectivity index (χ0) is 39.3. The number of nitrogens with one attached hydrogen (secondary N) is 3. The third-order valence-corrected chi connectivity index (χ3v) is 10.2. The number of anilines is 2. The van der Waals surface area contributed by atoms with Gasteiger partial charge in [-0.3, -0.25) is 19.7 Å². The summed E-state index contributed by atoms with van der Waals surface area (Å²) in [4.78, 5) is 46.2. The number of fused-ring (bicyclic) bond motifs is 1. The predicted molar refractivity (Wildman–Crippen MR) is 200 cm³/mol. The molecule has 55 heavy (non-hydrogen) atoms. The van der Waals surface area contributed by atoms with Crippen LogP contribution < -0.4 is 20.7 Å². The van der Waals surface area contributed by atoms with Crippen LogP contribution in [0.5, 0.6) is 5.75 Å². The van der Waals surface area contributed by atoms with Gasteiger partial charge in [0, 0.05) is 30.8 Å². The van der Waals surface area contributed by atoms with Crippen molar-refractivity contribution >= 4 is 34.7 Å². The van der Waals surface area contributed by atoms with E-state index in [9.17, 15) is 31.9 Å². The highest BCUT2D eigenvalue weighted by atomic mass is 19.4. The molecule has 3 aliphatic rings. The molecule has 3 N–H and O–H groups in total. The number of imide groups is 1. The average molecular weight is 766 g/mol. The quantitative estimate of drug-likeness (QED) is 0.123. The number of hydrogen-bond acceptors (Lipinski definition) is 8. The molecule has 294 valence electrons. The first-order valence-electron chi connectivity index (χ1n) is 18.9. The van der Waals surface area contributed by atoms with Crippen molar-refractivity contribution in [2.45, 2.75) is 102 Å². The minimum atomic E-state index is -4.63. The standard InChI is InChI=1S/C23H25F3N4O2.C17H22FN3O2/c1-14(2)32-19-11-21-28-17(15-7-4-3-5-8-15)12-30(21)13-18(19)29-22(31)16-9-6-10-20(27-16)23(24,25)26;1-21-9-7-11(8-10-21)12-3-2-4-13(16(12)18)19-14-5-6-15(22)20-17(14)23/h6,9-15H,3-5,7-8H2,1-2H3,(H,29,31);2-4,11,14,19H,5-10H2,1H3,(H,20,22,23). The van der Waals surface area contributed by atoms with Gasteiger partial charge in [0.15, 0.2) is 0 Å². The lowest BCUT2D eigenvalue weighted by atomic mass is 9.87. The lowest BCUT2D eigenvalue weighted by molar-refractivity contribution is -0.141. The van der Waals surface area contributed by atoms with Crippen molar-refractivity contribution in [1.29, 1.82) is 0 Å². The van der Waals surface area contributed by atoms with E-state index in [1.54, 1.807) is 18.3 Å². The number of halogens is 4. The number of piperidine rings is 2. The Morgan fingerprint density at radius 1 is 0.927 bits per heavy atom. The second-order valence-corrected chi connectivity index (χ2v) is 14.8. The van der Waals surface area contributed by atoms with E-state index in [0.717, 1.165) is 62.2 Å². The molecule has 11 nitrogen and oxygen atoms in total. The predicted octanol–water partition coefficient (Wildman–Crippen LogP) is 7.69. The molecule has 0 radical (unpaired) electrons. The molecule has 1 aromatic carbocycles. The molecule has 0 spiro atoms. The van der Waals surface area contributed by atoms with Crippen LogP contribution in [0.2, 0.25) is 0 Å². The van der Waals surface area contributed by atoms with Gasteiger partial charge in [0.1, 0.15) is 40.3 Å². The molecule has 15 heteroatoms. The molecule has 4 aromatic rings. The van der Waals surface area contributed by atoms with Gasteiger partial charge in [-0.15, -0.1) is 0 Å². The van der Waals surface area contributed by atoms with Crippen LogP contribution in [0.25, 0.3) is 5.65 Å². The van der Waals surface area contributed by atoms with Crippen molar-refractivity contribution in [3.8, 4) is 5.75 Å². The van der Waals surface area contributed by atoms with Gasteiger partial charge in [0.2, 0.25) is 11.8 Å². The van der Waals surface area contributed by atoms with Crippen LogP contribution >= 0.6 is 0 Å². The summed E-state index contributed by atoms with van der Waals surface area (Å²) in [6, 6.07) is 9.71. The van der Waals surface area contributed by atoms with Gasteiger partial charge in [-0.25, -0.2) is 14.4 Å². The SMILES string of the molecule is CC(C)Oc1cc2nc(C3CCCCC3)cn2cc1NC(=O)c1cccc(C(F)(F)F)n1.CN1CCC(c2cccc(NC3CCC(=O)NC3=O)c2F)CC1. The number of benzene rings is 1. The van der Waals surface area contributed by atoms with Crippen molar-refractivity contribution in [3.05, 3.63) is 83.3 Å². The van der Waals surface area contributed by atoms with Crippen molar-refractivity contribution in [2.24, 2.45) is 0 Å². The number of pyridine rings is 2. The molecular weight excluding hydrogens is 718 g/mol. The summed E-state index contributed by atoms with van der Waals surface area (Å²) in [7, 11) is 2.08. The van der Waals surface area contributed by atoms with Crippen molar-refractivity contribution in [1.82, 2.24) is 24.6 Å². The molecule has 3 amide bonds. The minimum Gasteiger partial charge on any atom is -0.489 e. The summed E-state index contributed by atoms with van der Waals surface area (Å²) in [5.41, 5.74) is 1.64. The highest BCUT2D eigenvalue weighted by Crippen LogP contribution is 2.35. The first-order valence-corrected chi connectivity index (χ1v) is 18.9. The molecule has 1 unspecified atom stereocenters. The number of nitrogens with zero attached hydrogens (tertiary/aromatic N) is 4. The molecule has 0 bridgehead atoms. The van der Waals surface area contributed by atoms with E-state index >= 15 is 0 Å². The molecule has 7 rings (SSSR count). The largest absolute Gasteiger partial charge is 0.489 e. The number of aromatic nitrogens is 3. The molecule has 1 atom stereocenters. The van der Waals surface area contributed by atoms with Crippen LogP contribution in [-0.4, -0.2) is 69.3 Å². The molecule has 1 aliphatic carbocycles. The number of alkyl halides is 3. The van der Waals surface area contributed by atoms with Crippen LogP contribution in [0.15, 0.2) is 54.9 Å². The van der Waals surface area contributed by atoms with Crippen molar-refractivity contribution in [2.75, 3.05) is 30.8 Å². The first kappa shape index (κ1) is 39.6. The van der Waals surface area contributed by atoms with Gasteiger partial charge in [-0.05, 0) is 95.8 Å². The Bertz CT molecular complexity index is 2000. The number of carbonyl (C=O) groups excluding carboxylic acids is 3. The molecule has 3 fully saturated rings. The minimum absolute atomic E-state index is 0.174. The Hall–Kier alpha value is -5.05. The fraction of sp³-hybridized carbons (Fsp3) is 0.475. The maximum atomic E-state index is 14.8. The van der Waals surface area contributed by atoms with E-state index in [1.165, 1.54) is 25.3 Å². The van der Waals surface area contributed by atoms with Crippen molar-refractivity contribution in [3.63, 3.8) is 0 Å². The number of carbonyl (C=O) groups is 3.